The Morgan fingerprint density at radius 2 is 2.25 bits per heavy atom. The Bertz CT molecular complexity index is 316. The van der Waals surface area contributed by atoms with Crippen molar-refractivity contribution in [2.45, 2.75) is 25.3 Å². The summed E-state index contributed by atoms with van der Waals surface area (Å²) in [7, 11) is 0. The third-order valence-corrected chi connectivity index (χ3v) is 2.49. The number of phenols is 1. The van der Waals surface area contributed by atoms with Gasteiger partial charge in [0.05, 0.1) is 0 Å². The fourth-order valence-corrected chi connectivity index (χ4v) is 1.41. The summed E-state index contributed by atoms with van der Waals surface area (Å²) in [6.07, 6.45) is 1.95. The molecule has 1 fully saturated rings. The Kier molecular flexibility index (Phi) is 1.42. The smallest absolute Gasteiger partial charge is 0.124 e. The molecule has 0 aromatic heterocycles. The van der Waals surface area contributed by atoms with Crippen molar-refractivity contribution in [3.8, 4) is 5.75 Å². The molecule has 0 heterocycles. The molecule has 1 radical (unpaired) electrons. The highest BCUT2D eigenvalue weighted by molar-refractivity contribution is 5.45. The minimum atomic E-state index is -0.246. The van der Waals surface area contributed by atoms with Gasteiger partial charge in [-0.15, -0.1) is 0 Å². The number of aryl methyl sites for hydroxylation is 1. The van der Waals surface area contributed by atoms with Crippen LogP contribution in [0, 0.1) is 13.0 Å². The second-order valence-corrected chi connectivity index (χ2v) is 3.52. The highest BCUT2D eigenvalue weighted by Gasteiger charge is 2.41. The van der Waals surface area contributed by atoms with Crippen LogP contribution in [0.25, 0.3) is 0 Å². The van der Waals surface area contributed by atoms with Crippen LogP contribution in [0.1, 0.15) is 24.0 Å². The van der Waals surface area contributed by atoms with Gasteiger partial charge < -0.3 is 10.8 Å². The molecule has 1 aromatic rings. The normalized spacial score (nSPS) is 19.2. The summed E-state index contributed by atoms with van der Waals surface area (Å²) in [4.78, 5) is 0. The zero-order valence-corrected chi connectivity index (χ0v) is 7.09. The zero-order chi connectivity index (χ0) is 8.77. The molecule has 0 bridgehead atoms. The van der Waals surface area contributed by atoms with E-state index in [2.05, 4.69) is 6.07 Å². The van der Waals surface area contributed by atoms with Crippen molar-refractivity contribution in [1.29, 1.82) is 0 Å². The van der Waals surface area contributed by atoms with Crippen molar-refractivity contribution in [3.05, 3.63) is 29.3 Å². The molecule has 1 aliphatic rings. The molecule has 2 heteroatoms. The van der Waals surface area contributed by atoms with Crippen molar-refractivity contribution in [1.82, 2.24) is 0 Å². The van der Waals surface area contributed by atoms with Gasteiger partial charge in [0.1, 0.15) is 5.75 Å². The van der Waals surface area contributed by atoms with E-state index in [1.165, 1.54) is 0 Å². The van der Waals surface area contributed by atoms with Crippen LogP contribution in [-0.4, -0.2) is 5.11 Å². The molecule has 1 aliphatic carbocycles. The molecular weight excluding hydrogens is 150 g/mol. The van der Waals surface area contributed by atoms with Crippen LogP contribution in [0.5, 0.6) is 5.75 Å². The average Bonchev–Trinajstić information content (AvgIpc) is 2.75. The molecule has 0 saturated heterocycles. The Labute approximate surface area is 72.0 Å². The van der Waals surface area contributed by atoms with E-state index in [9.17, 15) is 5.11 Å². The highest BCUT2D eigenvalue weighted by atomic mass is 16.3. The first-order chi connectivity index (χ1) is 5.63. The Balaban J connectivity index is 2.51. The van der Waals surface area contributed by atoms with Crippen LogP contribution in [-0.2, 0) is 5.54 Å². The molecule has 3 N–H and O–H groups in total. The second-order valence-electron chi connectivity index (χ2n) is 3.52. The van der Waals surface area contributed by atoms with Crippen LogP contribution in [0.3, 0.4) is 0 Å². The molecule has 2 nitrogen and oxygen atoms in total. The predicted molar refractivity (Wildman–Crippen MR) is 46.8 cm³/mol. The number of nitrogens with two attached hydrogens (primary N) is 1. The molecule has 2 rings (SSSR count). The molecule has 0 unspecified atom stereocenters. The van der Waals surface area contributed by atoms with Gasteiger partial charge in [0.15, 0.2) is 0 Å². The van der Waals surface area contributed by atoms with Crippen molar-refractivity contribution in [3.63, 3.8) is 0 Å². The summed E-state index contributed by atoms with van der Waals surface area (Å²) >= 11 is 0. The number of benzene rings is 1. The zero-order valence-electron chi connectivity index (χ0n) is 7.09. The lowest BCUT2D eigenvalue weighted by atomic mass is 10.0. The number of hydrogen-bond donors (Lipinski definition) is 2. The van der Waals surface area contributed by atoms with Crippen LogP contribution in [0.15, 0.2) is 12.1 Å². The average molecular weight is 162 g/mol. The summed E-state index contributed by atoms with van der Waals surface area (Å²) in [6, 6.07) is 6.61. The van der Waals surface area contributed by atoms with Crippen LogP contribution in [0.4, 0.5) is 0 Å². The molecule has 12 heavy (non-hydrogen) atoms. The molecule has 1 aromatic carbocycles. The minimum Gasteiger partial charge on any atom is -0.507 e. The fraction of sp³-hybridized carbons (Fsp3) is 0.400. The van der Waals surface area contributed by atoms with Crippen molar-refractivity contribution < 1.29 is 5.11 Å². The van der Waals surface area contributed by atoms with Crippen LogP contribution in [0.2, 0.25) is 0 Å². The molecule has 0 spiro atoms. The van der Waals surface area contributed by atoms with E-state index in [1.807, 2.05) is 19.1 Å². The first-order valence-electron chi connectivity index (χ1n) is 4.13. The van der Waals surface area contributed by atoms with Crippen LogP contribution >= 0.6 is 0 Å². The van der Waals surface area contributed by atoms with Gasteiger partial charge in [-0.25, -0.2) is 0 Å². The first kappa shape index (κ1) is 7.62. The lowest BCUT2D eigenvalue weighted by Crippen LogP contribution is -2.18. The summed E-state index contributed by atoms with van der Waals surface area (Å²) in [5.74, 6) is 0.317. The SMILES string of the molecule is Cc1[c]ccc(C2(N)CC2)c1O. The first-order valence-corrected chi connectivity index (χ1v) is 4.13. The maximum Gasteiger partial charge on any atom is 0.124 e. The maximum atomic E-state index is 9.66. The third-order valence-electron chi connectivity index (χ3n) is 2.49. The van der Waals surface area contributed by atoms with E-state index < -0.39 is 0 Å². The summed E-state index contributed by atoms with van der Waals surface area (Å²) in [5, 5.41) is 9.66. The Hall–Kier alpha value is -1.02. The van der Waals surface area contributed by atoms with Crippen molar-refractivity contribution >= 4 is 0 Å². The van der Waals surface area contributed by atoms with Gasteiger partial charge in [-0.1, -0.05) is 12.1 Å². The van der Waals surface area contributed by atoms with E-state index in [0.29, 0.717) is 5.75 Å². The minimum absolute atomic E-state index is 0.246. The number of rotatable bonds is 1. The van der Waals surface area contributed by atoms with Gasteiger partial charge in [-0.05, 0) is 31.4 Å². The Morgan fingerprint density at radius 3 is 2.83 bits per heavy atom. The highest BCUT2D eigenvalue weighted by Crippen LogP contribution is 2.46. The fourth-order valence-electron chi connectivity index (χ4n) is 1.41. The number of aromatic hydroxyl groups is 1. The van der Waals surface area contributed by atoms with Crippen molar-refractivity contribution in [2.24, 2.45) is 5.73 Å². The number of phenolic OH excluding ortho intramolecular Hbond substituents is 1. The second kappa shape index (κ2) is 2.23. The molecular formula is C10H12NO. The lowest BCUT2D eigenvalue weighted by molar-refractivity contribution is 0.455. The van der Waals surface area contributed by atoms with E-state index >= 15 is 0 Å². The third kappa shape index (κ3) is 0.994. The standard InChI is InChI=1S/C10H12NO/c1-7-3-2-4-8(9(7)12)10(11)5-6-10/h2,4,12H,5-6,11H2,1H3. The summed E-state index contributed by atoms with van der Waals surface area (Å²) < 4.78 is 0. The van der Waals surface area contributed by atoms with E-state index in [1.54, 1.807) is 0 Å². The van der Waals surface area contributed by atoms with Gasteiger partial charge in [-0.3, -0.25) is 0 Å². The van der Waals surface area contributed by atoms with Crippen molar-refractivity contribution in [2.75, 3.05) is 0 Å². The molecule has 0 amide bonds. The topological polar surface area (TPSA) is 46.2 Å². The van der Waals surface area contributed by atoms with Gasteiger partial charge in [0.2, 0.25) is 0 Å². The van der Waals surface area contributed by atoms with Gasteiger partial charge in [-0.2, -0.15) is 0 Å². The summed E-state index contributed by atoms with van der Waals surface area (Å²) in [5.41, 5.74) is 7.37. The van der Waals surface area contributed by atoms with E-state index in [0.717, 1.165) is 24.0 Å². The molecule has 0 atom stereocenters. The number of hydrogen-bond acceptors (Lipinski definition) is 2. The van der Waals surface area contributed by atoms with Gasteiger partial charge in [0, 0.05) is 11.1 Å². The van der Waals surface area contributed by atoms with Crippen LogP contribution < -0.4 is 5.73 Å². The predicted octanol–water partition coefficient (Wildman–Crippen LogP) is 1.45. The molecule has 1 saturated carbocycles. The monoisotopic (exact) mass is 162 g/mol. The lowest BCUT2D eigenvalue weighted by Gasteiger charge is -2.12. The largest absolute Gasteiger partial charge is 0.507 e. The summed E-state index contributed by atoms with van der Waals surface area (Å²) in [6.45, 7) is 1.84. The van der Waals surface area contributed by atoms with E-state index in [4.69, 9.17) is 5.73 Å². The molecule has 63 valence electrons. The van der Waals surface area contributed by atoms with Gasteiger partial charge >= 0.3 is 0 Å². The Morgan fingerprint density at radius 1 is 1.58 bits per heavy atom. The van der Waals surface area contributed by atoms with Gasteiger partial charge in [0.25, 0.3) is 0 Å². The maximum absolute atomic E-state index is 9.66. The van der Waals surface area contributed by atoms with E-state index in [-0.39, 0.29) is 5.54 Å². The quantitative estimate of drug-likeness (QED) is 0.656. The molecule has 0 aliphatic heterocycles.